The van der Waals surface area contributed by atoms with Gasteiger partial charge in [-0.2, -0.15) is 0 Å². The van der Waals surface area contributed by atoms with E-state index in [1.54, 1.807) is 60.7 Å². The van der Waals surface area contributed by atoms with E-state index >= 15 is 0 Å². The van der Waals surface area contributed by atoms with E-state index in [0.717, 1.165) is 0 Å². The number of aliphatic hydroxyl groups excluding tert-OH is 1. The number of benzene rings is 2. The lowest BCUT2D eigenvalue weighted by atomic mass is 9.95. The molecule has 3 heterocycles. The van der Waals surface area contributed by atoms with Crippen LogP contribution < -0.4 is 15.0 Å². The zero-order chi connectivity index (χ0) is 25.4. The number of aliphatic hydroxyl groups is 1. The molecule has 5 rings (SSSR count). The summed E-state index contributed by atoms with van der Waals surface area (Å²) < 4.78 is 11.1. The van der Waals surface area contributed by atoms with Crippen molar-refractivity contribution in [1.82, 2.24) is 4.98 Å². The van der Waals surface area contributed by atoms with E-state index in [0.29, 0.717) is 33.7 Å². The standard InChI is InChI=1S/C27H21N3O6/c1-15(31)29-18-6-4-7-19(14-18)30-23(16-9-11-28-12-10-16)22(25(33)27(30)34)24(32)21-13-17-5-3-8-20(35-2)26(17)36-21/h3-14,23,33H,1-2H3,(H,29,31). The normalized spacial score (nSPS) is 15.4. The highest BCUT2D eigenvalue weighted by molar-refractivity contribution is 6.21. The molecule has 180 valence electrons. The first-order valence-corrected chi connectivity index (χ1v) is 11.0. The van der Waals surface area contributed by atoms with Gasteiger partial charge in [0.15, 0.2) is 22.9 Å². The second-order valence-electron chi connectivity index (χ2n) is 8.17. The first kappa shape index (κ1) is 22.9. The maximum Gasteiger partial charge on any atom is 0.294 e. The SMILES string of the molecule is COc1cccc2cc(C(=O)C3=C(O)C(=O)N(c4cccc(NC(C)=O)c4)C3c3ccncc3)oc12. The summed E-state index contributed by atoms with van der Waals surface area (Å²) in [5.74, 6) is -1.94. The van der Waals surface area contributed by atoms with E-state index in [1.165, 1.54) is 31.3 Å². The van der Waals surface area contributed by atoms with Gasteiger partial charge >= 0.3 is 0 Å². The van der Waals surface area contributed by atoms with Gasteiger partial charge in [0.05, 0.1) is 18.7 Å². The third-order valence-electron chi connectivity index (χ3n) is 5.87. The molecule has 2 aromatic heterocycles. The summed E-state index contributed by atoms with van der Waals surface area (Å²) in [4.78, 5) is 44.0. The van der Waals surface area contributed by atoms with Crippen molar-refractivity contribution in [2.45, 2.75) is 13.0 Å². The molecule has 0 saturated carbocycles. The Balaban J connectivity index is 1.63. The Hall–Kier alpha value is -4.92. The van der Waals surface area contributed by atoms with Crippen LogP contribution >= 0.6 is 0 Å². The maximum atomic E-state index is 13.7. The summed E-state index contributed by atoms with van der Waals surface area (Å²) in [6.45, 7) is 1.37. The number of pyridine rings is 1. The Morgan fingerprint density at radius 3 is 2.56 bits per heavy atom. The predicted octanol–water partition coefficient (Wildman–Crippen LogP) is 4.58. The first-order chi connectivity index (χ1) is 17.4. The van der Waals surface area contributed by atoms with Crippen molar-refractivity contribution in [3.05, 3.63) is 95.7 Å². The van der Waals surface area contributed by atoms with Crippen LogP contribution in [0.5, 0.6) is 5.75 Å². The van der Waals surface area contributed by atoms with Crippen molar-refractivity contribution in [3.63, 3.8) is 0 Å². The number of carbonyl (C=O) groups excluding carboxylic acids is 3. The number of methoxy groups -OCH3 is 1. The largest absolute Gasteiger partial charge is 0.503 e. The molecule has 0 radical (unpaired) electrons. The lowest BCUT2D eigenvalue weighted by molar-refractivity contribution is -0.117. The minimum Gasteiger partial charge on any atom is -0.503 e. The number of para-hydroxylation sites is 1. The molecule has 36 heavy (non-hydrogen) atoms. The van der Waals surface area contributed by atoms with E-state index in [1.807, 2.05) is 0 Å². The highest BCUT2D eigenvalue weighted by atomic mass is 16.5. The van der Waals surface area contributed by atoms with Crippen LogP contribution in [0.4, 0.5) is 11.4 Å². The van der Waals surface area contributed by atoms with Crippen LogP contribution in [0, 0.1) is 0 Å². The third kappa shape index (κ3) is 3.86. The zero-order valence-corrected chi connectivity index (χ0v) is 19.4. The molecule has 1 atom stereocenters. The van der Waals surface area contributed by atoms with Gasteiger partial charge in [-0.05, 0) is 48.0 Å². The molecular weight excluding hydrogens is 462 g/mol. The Morgan fingerprint density at radius 2 is 1.83 bits per heavy atom. The summed E-state index contributed by atoms with van der Waals surface area (Å²) in [5, 5.41) is 14.3. The average molecular weight is 483 g/mol. The number of hydrogen-bond acceptors (Lipinski definition) is 7. The van der Waals surface area contributed by atoms with E-state index in [4.69, 9.17) is 9.15 Å². The number of nitrogens with zero attached hydrogens (tertiary/aromatic N) is 2. The average Bonchev–Trinajstić information content (AvgIpc) is 3.43. The molecule has 1 aliphatic heterocycles. The molecule has 2 N–H and O–H groups in total. The summed E-state index contributed by atoms with van der Waals surface area (Å²) in [5.41, 5.74) is 1.66. The van der Waals surface area contributed by atoms with Gasteiger partial charge < -0.3 is 19.6 Å². The Kier molecular flexibility index (Phi) is 5.73. The molecular formula is C27H21N3O6. The minimum absolute atomic E-state index is 0.0447. The monoisotopic (exact) mass is 483 g/mol. The first-order valence-electron chi connectivity index (χ1n) is 11.0. The molecule has 0 aliphatic carbocycles. The fraction of sp³-hybridized carbons (Fsp3) is 0.111. The van der Waals surface area contributed by atoms with E-state index in [-0.39, 0.29) is 17.2 Å². The molecule has 1 unspecified atom stereocenters. The maximum absolute atomic E-state index is 13.7. The summed E-state index contributed by atoms with van der Waals surface area (Å²) in [6.07, 6.45) is 3.07. The number of ketones is 1. The highest BCUT2D eigenvalue weighted by Gasteiger charge is 2.45. The lowest BCUT2D eigenvalue weighted by Crippen LogP contribution is -2.31. The summed E-state index contributed by atoms with van der Waals surface area (Å²) in [6, 6.07) is 15.8. The number of Topliss-reactive ketones (excluding diaryl/α,β-unsaturated/α-hetero) is 1. The number of aromatic nitrogens is 1. The molecule has 4 aromatic rings. The van der Waals surface area contributed by atoms with Gasteiger partial charge in [0.1, 0.15) is 0 Å². The van der Waals surface area contributed by atoms with Crippen molar-refractivity contribution >= 4 is 39.9 Å². The smallest absolute Gasteiger partial charge is 0.294 e. The van der Waals surface area contributed by atoms with Crippen molar-refractivity contribution in [2.24, 2.45) is 0 Å². The predicted molar refractivity (Wildman–Crippen MR) is 132 cm³/mol. The van der Waals surface area contributed by atoms with Crippen molar-refractivity contribution in [2.75, 3.05) is 17.3 Å². The molecule has 0 fully saturated rings. The summed E-state index contributed by atoms with van der Waals surface area (Å²) >= 11 is 0. The molecule has 0 saturated heterocycles. The number of nitrogens with one attached hydrogen (secondary N) is 1. The Bertz CT molecular complexity index is 1540. The molecule has 1 aliphatic rings. The number of hydrogen-bond donors (Lipinski definition) is 2. The zero-order valence-electron chi connectivity index (χ0n) is 19.4. The van der Waals surface area contributed by atoms with E-state index < -0.39 is 23.5 Å². The minimum atomic E-state index is -0.962. The topological polar surface area (TPSA) is 122 Å². The number of furan rings is 1. The number of rotatable bonds is 6. The van der Waals surface area contributed by atoms with Crippen molar-refractivity contribution < 1.29 is 28.6 Å². The molecule has 9 nitrogen and oxygen atoms in total. The Morgan fingerprint density at radius 1 is 1.08 bits per heavy atom. The molecule has 0 spiro atoms. The van der Waals surface area contributed by atoms with Crippen molar-refractivity contribution in [1.29, 1.82) is 0 Å². The van der Waals surface area contributed by atoms with Crippen molar-refractivity contribution in [3.8, 4) is 5.75 Å². The fourth-order valence-electron chi connectivity index (χ4n) is 4.34. The van der Waals surface area contributed by atoms with Crippen LogP contribution in [-0.2, 0) is 9.59 Å². The van der Waals surface area contributed by atoms with Gasteiger partial charge in [-0.3, -0.25) is 24.3 Å². The number of amides is 2. The van der Waals surface area contributed by atoms with Crippen LogP contribution in [0.3, 0.4) is 0 Å². The van der Waals surface area contributed by atoms with Gasteiger partial charge in [0.2, 0.25) is 11.7 Å². The van der Waals surface area contributed by atoms with Crippen LogP contribution in [0.1, 0.15) is 29.1 Å². The Labute approximate surface area is 205 Å². The molecule has 0 bridgehead atoms. The second-order valence-corrected chi connectivity index (χ2v) is 8.17. The summed E-state index contributed by atoms with van der Waals surface area (Å²) in [7, 11) is 1.50. The van der Waals surface area contributed by atoms with Crippen LogP contribution in [0.2, 0.25) is 0 Å². The second kappa shape index (κ2) is 9.03. The van der Waals surface area contributed by atoms with Crippen LogP contribution in [-0.4, -0.2) is 34.8 Å². The quantitative estimate of drug-likeness (QED) is 0.385. The van der Waals surface area contributed by atoms with Crippen LogP contribution in [0.15, 0.2) is 88.8 Å². The van der Waals surface area contributed by atoms with E-state index in [2.05, 4.69) is 10.3 Å². The molecule has 9 heteroatoms. The van der Waals surface area contributed by atoms with E-state index in [9.17, 15) is 19.5 Å². The highest BCUT2D eigenvalue weighted by Crippen LogP contribution is 2.43. The van der Waals surface area contributed by atoms with Gasteiger partial charge in [-0.15, -0.1) is 0 Å². The number of anilines is 2. The van der Waals surface area contributed by atoms with Gasteiger partial charge in [0, 0.05) is 36.1 Å². The van der Waals surface area contributed by atoms with Crippen LogP contribution in [0.25, 0.3) is 11.0 Å². The number of fused-ring (bicyclic) bond motifs is 1. The fourth-order valence-corrected chi connectivity index (χ4v) is 4.34. The third-order valence-corrected chi connectivity index (χ3v) is 5.87. The number of carbonyl (C=O) groups is 3. The van der Waals surface area contributed by atoms with Gasteiger partial charge in [-0.1, -0.05) is 18.2 Å². The molecule has 2 aromatic carbocycles. The molecule has 2 amide bonds. The van der Waals surface area contributed by atoms with Gasteiger partial charge in [-0.25, -0.2) is 0 Å². The lowest BCUT2D eigenvalue weighted by Gasteiger charge is -2.27. The van der Waals surface area contributed by atoms with Gasteiger partial charge in [0.25, 0.3) is 5.91 Å². The number of ether oxygens (including phenoxy) is 1.